The highest BCUT2D eigenvalue weighted by Crippen LogP contribution is 2.28. The Morgan fingerprint density at radius 2 is 2.15 bits per heavy atom. The van der Waals surface area contributed by atoms with E-state index in [1.807, 2.05) is 0 Å². The van der Waals surface area contributed by atoms with Crippen molar-refractivity contribution in [2.75, 3.05) is 24.2 Å². The molecule has 0 saturated carbocycles. The maximum atomic E-state index is 12.0. The van der Waals surface area contributed by atoms with Gasteiger partial charge in [0.15, 0.2) is 9.84 Å². The molecule has 1 unspecified atom stereocenters. The lowest BCUT2D eigenvalue weighted by atomic mass is 10.1. The van der Waals surface area contributed by atoms with Crippen molar-refractivity contribution in [1.29, 1.82) is 0 Å². The van der Waals surface area contributed by atoms with Gasteiger partial charge < -0.3 is 10.6 Å². The van der Waals surface area contributed by atoms with Gasteiger partial charge in [-0.25, -0.2) is 8.42 Å². The van der Waals surface area contributed by atoms with Crippen LogP contribution in [0.4, 0.5) is 5.69 Å². The van der Waals surface area contributed by atoms with Gasteiger partial charge >= 0.3 is 0 Å². The van der Waals surface area contributed by atoms with E-state index in [2.05, 4.69) is 10.6 Å². The summed E-state index contributed by atoms with van der Waals surface area (Å²) in [5.41, 5.74) is 1.42. The van der Waals surface area contributed by atoms with Crippen LogP contribution < -0.4 is 10.6 Å². The van der Waals surface area contributed by atoms with Crippen molar-refractivity contribution in [3.8, 4) is 0 Å². The molecule has 20 heavy (non-hydrogen) atoms. The van der Waals surface area contributed by atoms with E-state index in [-0.39, 0.29) is 30.0 Å². The van der Waals surface area contributed by atoms with Crippen LogP contribution in [0, 0.1) is 5.92 Å². The number of carbonyl (C=O) groups is 1. The Labute approximate surface area is 124 Å². The van der Waals surface area contributed by atoms with Gasteiger partial charge in [-0.1, -0.05) is 6.07 Å². The summed E-state index contributed by atoms with van der Waals surface area (Å²) in [7, 11) is -3.15. The number of hydrogen-bond donors (Lipinski definition) is 2. The van der Waals surface area contributed by atoms with E-state index in [9.17, 15) is 13.2 Å². The molecule has 0 aliphatic carbocycles. The van der Waals surface area contributed by atoms with E-state index >= 15 is 0 Å². The molecule has 1 amide bonds. The predicted molar refractivity (Wildman–Crippen MR) is 79.1 cm³/mol. The third-order valence-corrected chi connectivity index (χ3v) is 5.53. The van der Waals surface area contributed by atoms with Crippen LogP contribution in [0.2, 0.25) is 0 Å². The molecule has 0 aromatic heterocycles. The number of sulfone groups is 1. The number of nitrogens with one attached hydrogen (secondary N) is 2. The third-order valence-electron chi connectivity index (χ3n) is 3.74. The standard InChI is InChI=1S/C13H16N2O3S.ClH/c16-13(10-3-5-14-8-10)15-11-2-1-9-4-6-19(17,18)12(9)7-11;/h1-2,7,10,14H,3-6,8H2,(H,15,16);1H. The van der Waals surface area contributed by atoms with E-state index in [4.69, 9.17) is 0 Å². The Hall–Kier alpha value is -1.11. The second-order valence-corrected chi connectivity index (χ2v) is 7.15. The molecular formula is C13H17ClN2O3S. The van der Waals surface area contributed by atoms with Crippen molar-refractivity contribution in [1.82, 2.24) is 5.32 Å². The molecule has 110 valence electrons. The average Bonchev–Trinajstić information content (AvgIpc) is 2.99. The first kappa shape index (κ1) is 15.3. The van der Waals surface area contributed by atoms with Crippen LogP contribution in [0.3, 0.4) is 0 Å². The summed E-state index contributed by atoms with van der Waals surface area (Å²) in [6.07, 6.45) is 1.40. The maximum Gasteiger partial charge on any atom is 0.228 e. The second kappa shape index (κ2) is 5.71. The van der Waals surface area contributed by atoms with Crippen LogP contribution in [0.1, 0.15) is 12.0 Å². The van der Waals surface area contributed by atoms with Crippen LogP contribution in [-0.2, 0) is 21.1 Å². The fourth-order valence-electron chi connectivity index (χ4n) is 2.61. The molecule has 1 atom stereocenters. The highest BCUT2D eigenvalue weighted by atomic mass is 35.5. The van der Waals surface area contributed by atoms with Crippen molar-refractivity contribution in [3.05, 3.63) is 23.8 Å². The van der Waals surface area contributed by atoms with Gasteiger partial charge in [-0.05, 0) is 37.1 Å². The van der Waals surface area contributed by atoms with Crippen LogP contribution in [0.5, 0.6) is 0 Å². The zero-order valence-corrected chi connectivity index (χ0v) is 12.5. The first-order chi connectivity index (χ1) is 9.06. The van der Waals surface area contributed by atoms with Gasteiger partial charge in [0, 0.05) is 12.2 Å². The lowest BCUT2D eigenvalue weighted by molar-refractivity contribution is -0.119. The van der Waals surface area contributed by atoms with Crippen molar-refractivity contribution in [2.45, 2.75) is 17.7 Å². The van der Waals surface area contributed by atoms with Crippen molar-refractivity contribution >= 4 is 33.8 Å². The summed E-state index contributed by atoms with van der Waals surface area (Å²) in [5.74, 6) is 0.108. The van der Waals surface area contributed by atoms with Crippen LogP contribution in [-0.4, -0.2) is 33.2 Å². The van der Waals surface area contributed by atoms with Gasteiger partial charge in [0.2, 0.25) is 5.91 Å². The minimum atomic E-state index is -3.15. The zero-order valence-electron chi connectivity index (χ0n) is 10.9. The van der Waals surface area contributed by atoms with Crippen LogP contribution in [0.15, 0.2) is 23.1 Å². The van der Waals surface area contributed by atoms with E-state index in [1.165, 1.54) is 0 Å². The minimum absolute atomic E-state index is 0. The molecule has 1 aromatic carbocycles. The lowest BCUT2D eigenvalue weighted by Gasteiger charge is -2.10. The summed E-state index contributed by atoms with van der Waals surface area (Å²) in [5, 5.41) is 5.95. The Morgan fingerprint density at radius 1 is 1.35 bits per heavy atom. The first-order valence-corrected chi connectivity index (χ1v) is 8.09. The topological polar surface area (TPSA) is 75.3 Å². The highest BCUT2D eigenvalue weighted by Gasteiger charge is 2.27. The summed E-state index contributed by atoms with van der Waals surface area (Å²) >= 11 is 0. The Bertz CT molecular complexity index is 625. The number of anilines is 1. The number of amides is 1. The average molecular weight is 317 g/mol. The van der Waals surface area contributed by atoms with E-state index < -0.39 is 9.84 Å². The lowest BCUT2D eigenvalue weighted by Crippen LogP contribution is -2.24. The first-order valence-electron chi connectivity index (χ1n) is 6.43. The molecule has 2 aliphatic rings. The Balaban J connectivity index is 0.00000147. The number of fused-ring (bicyclic) bond motifs is 1. The smallest absolute Gasteiger partial charge is 0.228 e. The van der Waals surface area contributed by atoms with Gasteiger partial charge in [-0.15, -0.1) is 12.4 Å². The molecule has 2 N–H and O–H groups in total. The molecule has 0 spiro atoms. The van der Waals surface area contributed by atoms with Crippen molar-refractivity contribution in [3.63, 3.8) is 0 Å². The molecule has 0 radical (unpaired) electrons. The molecule has 5 nitrogen and oxygen atoms in total. The largest absolute Gasteiger partial charge is 0.326 e. The number of carbonyl (C=O) groups excluding carboxylic acids is 1. The fraction of sp³-hybridized carbons (Fsp3) is 0.462. The van der Waals surface area contributed by atoms with Crippen LogP contribution in [0.25, 0.3) is 0 Å². The molecule has 2 heterocycles. The summed E-state index contributed by atoms with van der Waals surface area (Å²) < 4.78 is 23.6. The van der Waals surface area contributed by atoms with Crippen molar-refractivity contribution < 1.29 is 13.2 Å². The van der Waals surface area contributed by atoms with Crippen LogP contribution >= 0.6 is 12.4 Å². The highest BCUT2D eigenvalue weighted by molar-refractivity contribution is 7.91. The zero-order chi connectivity index (χ0) is 13.5. The minimum Gasteiger partial charge on any atom is -0.326 e. The van der Waals surface area contributed by atoms with Gasteiger partial charge in [-0.3, -0.25) is 4.79 Å². The van der Waals surface area contributed by atoms with Crippen molar-refractivity contribution in [2.24, 2.45) is 5.92 Å². The van der Waals surface area contributed by atoms with E-state index in [0.29, 0.717) is 23.5 Å². The summed E-state index contributed by atoms with van der Waals surface area (Å²) in [6, 6.07) is 5.15. The Morgan fingerprint density at radius 3 is 2.85 bits per heavy atom. The quantitative estimate of drug-likeness (QED) is 0.853. The summed E-state index contributed by atoms with van der Waals surface area (Å²) in [4.78, 5) is 12.3. The third kappa shape index (κ3) is 2.82. The molecular weight excluding hydrogens is 300 g/mol. The summed E-state index contributed by atoms with van der Waals surface area (Å²) in [6.45, 7) is 1.55. The molecule has 1 aromatic rings. The number of aryl methyl sites for hydroxylation is 1. The van der Waals surface area contributed by atoms with Gasteiger partial charge in [-0.2, -0.15) is 0 Å². The normalized spacial score (nSPS) is 22.9. The molecule has 2 aliphatic heterocycles. The molecule has 3 rings (SSSR count). The number of benzene rings is 1. The van der Waals surface area contributed by atoms with Gasteiger partial charge in [0.1, 0.15) is 0 Å². The molecule has 1 saturated heterocycles. The monoisotopic (exact) mass is 316 g/mol. The predicted octanol–water partition coefficient (Wildman–Crippen LogP) is 0.986. The Kier molecular flexibility index (Phi) is 4.36. The van der Waals surface area contributed by atoms with Gasteiger partial charge in [0.25, 0.3) is 0 Å². The fourth-order valence-corrected chi connectivity index (χ4v) is 4.19. The number of rotatable bonds is 2. The SMILES string of the molecule is Cl.O=C(Nc1ccc2c(c1)S(=O)(=O)CC2)C1CCNC1. The van der Waals surface area contributed by atoms with E-state index in [1.54, 1.807) is 18.2 Å². The molecule has 0 bridgehead atoms. The van der Waals surface area contributed by atoms with Gasteiger partial charge in [0.05, 0.1) is 16.6 Å². The molecule has 7 heteroatoms. The van der Waals surface area contributed by atoms with E-state index in [0.717, 1.165) is 18.5 Å². The maximum absolute atomic E-state index is 12.0. The number of halogens is 1. The molecule has 1 fully saturated rings. The second-order valence-electron chi connectivity index (χ2n) is 5.07. The number of hydrogen-bond acceptors (Lipinski definition) is 4.